The number of benzene rings is 2. The van der Waals surface area contributed by atoms with Crippen LogP contribution in [0.3, 0.4) is 0 Å². The van der Waals surface area contributed by atoms with E-state index in [4.69, 9.17) is 4.74 Å². The van der Waals surface area contributed by atoms with Gasteiger partial charge in [-0.1, -0.05) is 62.4 Å². The Bertz CT molecular complexity index is 627. The van der Waals surface area contributed by atoms with E-state index in [9.17, 15) is 4.79 Å². The van der Waals surface area contributed by atoms with Crippen LogP contribution in [-0.2, 0) is 0 Å². The molecule has 0 amide bonds. The van der Waals surface area contributed by atoms with Crippen LogP contribution in [0.1, 0.15) is 36.2 Å². The molecule has 0 atom stereocenters. The molecule has 0 spiro atoms. The van der Waals surface area contributed by atoms with Crippen molar-refractivity contribution in [2.75, 3.05) is 6.61 Å². The van der Waals surface area contributed by atoms with Crippen molar-refractivity contribution in [3.8, 4) is 5.75 Å². The molecule has 2 heteroatoms. The Morgan fingerprint density at radius 1 is 1.05 bits per heavy atom. The first-order chi connectivity index (χ1) is 10.7. The normalized spacial score (nSPS) is 11.0. The molecular formula is C20H22O2. The van der Waals surface area contributed by atoms with Crippen LogP contribution in [0, 0.1) is 5.92 Å². The van der Waals surface area contributed by atoms with Crippen molar-refractivity contribution in [1.29, 1.82) is 0 Å². The second-order valence-corrected chi connectivity index (χ2v) is 5.63. The van der Waals surface area contributed by atoms with E-state index in [0.29, 0.717) is 18.1 Å². The fourth-order valence-electron chi connectivity index (χ4n) is 2.02. The fourth-order valence-corrected chi connectivity index (χ4v) is 2.02. The van der Waals surface area contributed by atoms with E-state index in [-0.39, 0.29) is 5.78 Å². The molecule has 0 N–H and O–H groups in total. The predicted octanol–water partition coefficient (Wildman–Crippen LogP) is 5.01. The van der Waals surface area contributed by atoms with Gasteiger partial charge >= 0.3 is 0 Å². The lowest BCUT2D eigenvalue weighted by atomic mass is 10.1. The molecule has 0 bridgehead atoms. The van der Waals surface area contributed by atoms with Gasteiger partial charge < -0.3 is 4.74 Å². The monoisotopic (exact) mass is 294 g/mol. The number of para-hydroxylation sites is 1. The van der Waals surface area contributed by atoms with Crippen LogP contribution < -0.4 is 4.74 Å². The first kappa shape index (κ1) is 16.0. The highest BCUT2D eigenvalue weighted by Gasteiger charge is 2.03. The summed E-state index contributed by atoms with van der Waals surface area (Å²) >= 11 is 0. The van der Waals surface area contributed by atoms with Crippen LogP contribution in [-0.4, -0.2) is 12.4 Å². The Labute approximate surface area is 132 Å². The van der Waals surface area contributed by atoms with E-state index >= 15 is 0 Å². The number of ether oxygens (including phenoxy) is 1. The molecule has 2 aromatic rings. The van der Waals surface area contributed by atoms with Crippen LogP contribution in [0.4, 0.5) is 0 Å². The lowest BCUT2D eigenvalue weighted by molar-refractivity contribution is 0.104. The summed E-state index contributed by atoms with van der Waals surface area (Å²) in [6.07, 6.45) is 4.43. The van der Waals surface area contributed by atoms with Gasteiger partial charge in [-0.15, -0.1) is 0 Å². The number of ketones is 1. The molecule has 0 heterocycles. The van der Waals surface area contributed by atoms with Crippen LogP contribution in [0.25, 0.3) is 6.08 Å². The maximum Gasteiger partial charge on any atom is 0.185 e. The third-order valence-electron chi connectivity index (χ3n) is 3.34. The molecule has 0 radical (unpaired) electrons. The number of rotatable bonds is 7. The Kier molecular flexibility index (Phi) is 5.96. The van der Waals surface area contributed by atoms with Crippen molar-refractivity contribution >= 4 is 11.9 Å². The Morgan fingerprint density at radius 2 is 1.73 bits per heavy atom. The zero-order valence-corrected chi connectivity index (χ0v) is 13.2. The summed E-state index contributed by atoms with van der Waals surface area (Å²) in [5.74, 6) is 1.43. The standard InChI is InChI=1S/C20H22O2/c1-16(2)14-15-22-20-11-7-6-10-18(20)12-13-19(21)17-8-4-3-5-9-17/h3-13,16H,14-15H2,1-2H3. The molecule has 0 aliphatic rings. The number of hydrogen-bond acceptors (Lipinski definition) is 2. The van der Waals surface area contributed by atoms with Crippen molar-refractivity contribution in [2.45, 2.75) is 20.3 Å². The number of carbonyl (C=O) groups is 1. The van der Waals surface area contributed by atoms with Gasteiger partial charge in [0.15, 0.2) is 5.78 Å². The van der Waals surface area contributed by atoms with Gasteiger partial charge in [-0.3, -0.25) is 4.79 Å². The SMILES string of the molecule is CC(C)CCOc1ccccc1C=CC(=O)c1ccccc1. The van der Waals surface area contributed by atoms with Gasteiger partial charge in [-0.25, -0.2) is 0 Å². The molecule has 0 saturated heterocycles. The van der Waals surface area contributed by atoms with E-state index in [0.717, 1.165) is 17.7 Å². The summed E-state index contributed by atoms with van der Waals surface area (Å²) in [6.45, 7) is 5.04. The molecule has 0 unspecified atom stereocenters. The van der Waals surface area contributed by atoms with Gasteiger partial charge in [0.2, 0.25) is 0 Å². The summed E-state index contributed by atoms with van der Waals surface area (Å²) in [5, 5.41) is 0. The van der Waals surface area contributed by atoms with Crippen molar-refractivity contribution in [3.05, 3.63) is 71.8 Å². The quantitative estimate of drug-likeness (QED) is 0.530. The second kappa shape index (κ2) is 8.18. The van der Waals surface area contributed by atoms with Gasteiger partial charge in [-0.2, -0.15) is 0 Å². The zero-order chi connectivity index (χ0) is 15.8. The van der Waals surface area contributed by atoms with Crippen LogP contribution in [0.15, 0.2) is 60.7 Å². The third kappa shape index (κ3) is 4.88. The number of hydrogen-bond donors (Lipinski definition) is 0. The summed E-state index contributed by atoms with van der Waals surface area (Å²) in [7, 11) is 0. The average Bonchev–Trinajstić information content (AvgIpc) is 2.54. The van der Waals surface area contributed by atoms with Crippen LogP contribution in [0.5, 0.6) is 5.75 Å². The summed E-state index contributed by atoms with van der Waals surface area (Å²) in [4.78, 5) is 12.1. The van der Waals surface area contributed by atoms with E-state index in [1.165, 1.54) is 0 Å². The summed E-state index contributed by atoms with van der Waals surface area (Å²) in [6, 6.07) is 17.1. The van der Waals surface area contributed by atoms with Crippen molar-refractivity contribution in [2.24, 2.45) is 5.92 Å². The molecule has 2 rings (SSSR count). The highest BCUT2D eigenvalue weighted by Crippen LogP contribution is 2.20. The van der Waals surface area contributed by atoms with Gasteiger partial charge in [0.25, 0.3) is 0 Å². The van der Waals surface area contributed by atoms with Crippen molar-refractivity contribution < 1.29 is 9.53 Å². The molecule has 0 saturated carbocycles. The Hall–Kier alpha value is -2.35. The lowest BCUT2D eigenvalue weighted by Crippen LogP contribution is -2.02. The molecule has 0 aliphatic heterocycles. The minimum absolute atomic E-state index is 0.00224. The van der Waals surface area contributed by atoms with Gasteiger partial charge in [0, 0.05) is 11.1 Å². The Balaban J connectivity index is 2.06. The molecule has 2 nitrogen and oxygen atoms in total. The number of carbonyl (C=O) groups excluding carboxylic acids is 1. The first-order valence-corrected chi connectivity index (χ1v) is 7.66. The maximum atomic E-state index is 12.1. The van der Waals surface area contributed by atoms with E-state index in [1.54, 1.807) is 6.08 Å². The minimum atomic E-state index is -0.00224. The molecule has 0 aromatic heterocycles. The molecule has 22 heavy (non-hydrogen) atoms. The number of allylic oxidation sites excluding steroid dienone is 1. The van der Waals surface area contributed by atoms with Gasteiger partial charge in [-0.05, 0) is 30.6 Å². The Morgan fingerprint density at radius 3 is 2.45 bits per heavy atom. The van der Waals surface area contributed by atoms with Gasteiger partial charge in [0.1, 0.15) is 5.75 Å². The average molecular weight is 294 g/mol. The second-order valence-electron chi connectivity index (χ2n) is 5.63. The largest absolute Gasteiger partial charge is 0.493 e. The smallest absolute Gasteiger partial charge is 0.185 e. The topological polar surface area (TPSA) is 26.3 Å². The summed E-state index contributed by atoms with van der Waals surface area (Å²) < 4.78 is 5.82. The predicted molar refractivity (Wildman–Crippen MR) is 91.2 cm³/mol. The maximum absolute atomic E-state index is 12.1. The lowest BCUT2D eigenvalue weighted by Gasteiger charge is -2.10. The zero-order valence-electron chi connectivity index (χ0n) is 13.2. The van der Waals surface area contributed by atoms with E-state index < -0.39 is 0 Å². The molecular weight excluding hydrogens is 272 g/mol. The van der Waals surface area contributed by atoms with Gasteiger partial charge in [0.05, 0.1) is 6.61 Å². The minimum Gasteiger partial charge on any atom is -0.493 e. The third-order valence-corrected chi connectivity index (χ3v) is 3.34. The first-order valence-electron chi connectivity index (χ1n) is 7.66. The van der Waals surface area contributed by atoms with Crippen molar-refractivity contribution in [3.63, 3.8) is 0 Å². The van der Waals surface area contributed by atoms with Crippen LogP contribution >= 0.6 is 0 Å². The highest BCUT2D eigenvalue weighted by atomic mass is 16.5. The molecule has 114 valence electrons. The van der Waals surface area contributed by atoms with E-state index in [1.807, 2.05) is 60.7 Å². The highest BCUT2D eigenvalue weighted by molar-refractivity contribution is 6.06. The molecule has 0 fully saturated rings. The van der Waals surface area contributed by atoms with E-state index in [2.05, 4.69) is 13.8 Å². The summed E-state index contributed by atoms with van der Waals surface area (Å²) in [5.41, 5.74) is 1.62. The van der Waals surface area contributed by atoms with Crippen LogP contribution in [0.2, 0.25) is 0 Å². The molecule has 0 aliphatic carbocycles. The van der Waals surface area contributed by atoms with Crippen molar-refractivity contribution in [1.82, 2.24) is 0 Å². The fraction of sp³-hybridized carbons (Fsp3) is 0.250. The molecule has 2 aromatic carbocycles.